The second-order valence-electron chi connectivity index (χ2n) is 2.83. The maximum atomic E-state index is 3.55. The van der Waals surface area contributed by atoms with Crippen molar-refractivity contribution in [3.8, 4) is 0 Å². The summed E-state index contributed by atoms with van der Waals surface area (Å²) in [7, 11) is 0. The first-order valence-corrected chi connectivity index (χ1v) is 4.86. The van der Waals surface area contributed by atoms with Gasteiger partial charge in [-0.05, 0) is 24.1 Å². The zero-order chi connectivity index (χ0) is 8.55. The van der Waals surface area contributed by atoms with E-state index in [0.29, 0.717) is 0 Å². The lowest BCUT2D eigenvalue weighted by molar-refractivity contribution is 1.15. The molecule has 62 valence electrons. The molecule has 12 heavy (non-hydrogen) atoms. The lowest BCUT2D eigenvalue weighted by Gasteiger charge is -1.96. The summed E-state index contributed by atoms with van der Waals surface area (Å²) in [6.45, 7) is 2.17. The molecule has 0 aliphatic rings. The van der Waals surface area contributed by atoms with E-state index in [9.17, 15) is 0 Å². The monoisotopic (exact) mass is 223 g/mol. The summed E-state index contributed by atoms with van der Waals surface area (Å²) in [6.07, 6.45) is 3.15. The van der Waals surface area contributed by atoms with Gasteiger partial charge in [-0.2, -0.15) is 0 Å². The highest BCUT2D eigenvalue weighted by molar-refractivity contribution is 9.10. The minimum Gasteiger partial charge on any atom is -0.361 e. The number of aromatic nitrogens is 1. The molecule has 0 saturated heterocycles. The number of nitrogens with one attached hydrogen (secondary N) is 1. The highest BCUT2D eigenvalue weighted by Gasteiger charge is 2.03. The lowest BCUT2D eigenvalue weighted by Crippen LogP contribution is -1.76. The Bertz CT molecular complexity index is 403. The van der Waals surface area contributed by atoms with Gasteiger partial charge in [-0.1, -0.05) is 28.9 Å². The maximum absolute atomic E-state index is 3.55. The molecule has 0 saturated carbocycles. The summed E-state index contributed by atoms with van der Waals surface area (Å²) in [5.41, 5.74) is 2.58. The Morgan fingerprint density at radius 2 is 2.25 bits per heavy atom. The Balaban J connectivity index is 2.83. The Labute approximate surface area is 79.9 Å². The van der Waals surface area contributed by atoms with Gasteiger partial charge in [0, 0.05) is 21.6 Å². The third-order valence-corrected chi connectivity index (χ3v) is 2.78. The highest BCUT2D eigenvalue weighted by atomic mass is 79.9. The normalized spacial score (nSPS) is 10.8. The third-order valence-electron chi connectivity index (χ3n) is 2.12. The molecule has 0 amide bonds. The van der Waals surface area contributed by atoms with Crippen LogP contribution in [0, 0.1) is 0 Å². The largest absolute Gasteiger partial charge is 0.361 e. The van der Waals surface area contributed by atoms with Crippen molar-refractivity contribution >= 4 is 26.8 Å². The molecule has 0 radical (unpaired) electrons. The molecule has 0 spiro atoms. The fourth-order valence-electron chi connectivity index (χ4n) is 1.49. The van der Waals surface area contributed by atoms with Crippen molar-refractivity contribution in [1.29, 1.82) is 0 Å². The number of H-pyrrole nitrogens is 1. The summed E-state index contributed by atoms with van der Waals surface area (Å²) in [4.78, 5) is 3.25. The van der Waals surface area contributed by atoms with Crippen molar-refractivity contribution in [2.45, 2.75) is 13.3 Å². The average Bonchev–Trinajstić information content (AvgIpc) is 2.49. The number of aryl methyl sites for hydroxylation is 1. The number of rotatable bonds is 1. The fraction of sp³-hybridized carbons (Fsp3) is 0.200. The number of aromatic amines is 1. The quantitative estimate of drug-likeness (QED) is 0.763. The maximum Gasteiger partial charge on any atom is 0.0468 e. The molecule has 1 aromatic heterocycles. The van der Waals surface area contributed by atoms with Crippen molar-refractivity contribution in [2.75, 3.05) is 0 Å². The Kier molecular flexibility index (Phi) is 1.93. The van der Waals surface area contributed by atoms with Gasteiger partial charge in [0.25, 0.3) is 0 Å². The molecule has 2 heteroatoms. The van der Waals surface area contributed by atoms with Crippen LogP contribution in [0.25, 0.3) is 10.9 Å². The van der Waals surface area contributed by atoms with Crippen LogP contribution in [0.15, 0.2) is 28.9 Å². The van der Waals surface area contributed by atoms with Crippen LogP contribution in [-0.4, -0.2) is 4.98 Å². The van der Waals surface area contributed by atoms with Crippen LogP contribution < -0.4 is 0 Å². The molecule has 0 unspecified atom stereocenters. The molecular formula is C10H10BrN. The van der Waals surface area contributed by atoms with E-state index in [0.717, 1.165) is 6.42 Å². The van der Waals surface area contributed by atoms with Crippen LogP contribution in [0.4, 0.5) is 0 Å². The minimum atomic E-state index is 1.07. The predicted molar refractivity (Wildman–Crippen MR) is 55.4 cm³/mol. The summed E-state index contributed by atoms with van der Waals surface area (Å²) >= 11 is 3.55. The van der Waals surface area contributed by atoms with Gasteiger partial charge in [-0.15, -0.1) is 0 Å². The Morgan fingerprint density at radius 3 is 3.00 bits per heavy atom. The first-order chi connectivity index (χ1) is 5.83. The number of halogens is 1. The van der Waals surface area contributed by atoms with E-state index in [1.54, 1.807) is 0 Å². The van der Waals surface area contributed by atoms with Gasteiger partial charge in [0.2, 0.25) is 0 Å². The number of fused-ring (bicyclic) bond motifs is 1. The van der Waals surface area contributed by atoms with E-state index >= 15 is 0 Å². The van der Waals surface area contributed by atoms with E-state index < -0.39 is 0 Å². The van der Waals surface area contributed by atoms with Gasteiger partial charge in [0.1, 0.15) is 0 Å². The molecule has 0 atom stereocenters. The molecule has 1 aromatic carbocycles. The van der Waals surface area contributed by atoms with Gasteiger partial charge in [-0.25, -0.2) is 0 Å². The van der Waals surface area contributed by atoms with Crippen LogP contribution in [0.3, 0.4) is 0 Å². The number of benzene rings is 1. The van der Waals surface area contributed by atoms with Gasteiger partial charge in [0.05, 0.1) is 0 Å². The zero-order valence-electron chi connectivity index (χ0n) is 6.89. The first kappa shape index (κ1) is 7.87. The molecule has 0 bridgehead atoms. The predicted octanol–water partition coefficient (Wildman–Crippen LogP) is 3.49. The van der Waals surface area contributed by atoms with Gasteiger partial charge < -0.3 is 4.98 Å². The fourth-order valence-corrected chi connectivity index (χ4v) is 2.11. The van der Waals surface area contributed by atoms with Crippen molar-refractivity contribution in [2.24, 2.45) is 0 Å². The molecule has 1 heterocycles. The Morgan fingerprint density at radius 1 is 1.42 bits per heavy atom. The molecule has 0 fully saturated rings. The Hall–Kier alpha value is -0.760. The van der Waals surface area contributed by atoms with Crippen molar-refractivity contribution < 1.29 is 0 Å². The number of hydrogen-bond donors (Lipinski definition) is 1. The van der Waals surface area contributed by atoms with Crippen LogP contribution in [-0.2, 0) is 6.42 Å². The van der Waals surface area contributed by atoms with Gasteiger partial charge in [0.15, 0.2) is 0 Å². The van der Waals surface area contributed by atoms with Gasteiger partial charge in [-0.3, -0.25) is 0 Å². The molecule has 1 nitrogen and oxygen atoms in total. The first-order valence-electron chi connectivity index (χ1n) is 4.07. The van der Waals surface area contributed by atoms with Crippen LogP contribution >= 0.6 is 15.9 Å². The minimum absolute atomic E-state index is 1.07. The van der Waals surface area contributed by atoms with Crippen LogP contribution in [0.1, 0.15) is 12.5 Å². The van der Waals surface area contributed by atoms with Gasteiger partial charge >= 0.3 is 0 Å². The molecule has 0 aliphatic carbocycles. The standard InChI is InChI=1S/C10H10BrN/c1-2-7-6-12-9-5-3-4-8(11)10(7)9/h3-6,12H,2H2,1H3. The van der Waals surface area contributed by atoms with Crippen molar-refractivity contribution in [3.63, 3.8) is 0 Å². The molecule has 0 aliphatic heterocycles. The molecular weight excluding hydrogens is 214 g/mol. The third kappa shape index (κ3) is 1.07. The van der Waals surface area contributed by atoms with E-state index in [2.05, 4.69) is 46.2 Å². The second-order valence-corrected chi connectivity index (χ2v) is 3.68. The van der Waals surface area contributed by atoms with E-state index in [4.69, 9.17) is 0 Å². The summed E-state index contributed by atoms with van der Waals surface area (Å²) in [5, 5.41) is 1.32. The molecule has 2 aromatic rings. The average molecular weight is 224 g/mol. The highest BCUT2D eigenvalue weighted by Crippen LogP contribution is 2.26. The van der Waals surface area contributed by atoms with E-state index in [1.165, 1.54) is 20.9 Å². The zero-order valence-corrected chi connectivity index (χ0v) is 8.48. The molecule has 1 N–H and O–H groups in total. The lowest BCUT2D eigenvalue weighted by atomic mass is 10.1. The smallest absolute Gasteiger partial charge is 0.0468 e. The van der Waals surface area contributed by atoms with Crippen molar-refractivity contribution in [3.05, 3.63) is 34.4 Å². The SMILES string of the molecule is CCc1c[nH]c2cccc(Br)c12. The summed E-state index contributed by atoms with van der Waals surface area (Å²) in [6, 6.07) is 6.22. The van der Waals surface area contributed by atoms with Crippen LogP contribution in [0.5, 0.6) is 0 Å². The van der Waals surface area contributed by atoms with Crippen LogP contribution in [0.2, 0.25) is 0 Å². The van der Waals surface area contributed by atoms with E-state index in [1.807, 2.05) is 6.07 Å². The summed E-state index contributed by atoms with van der Waals surface area (Å²) < 4.78 is 1.18. The second kappa shape index (κ2) is 2.94. The summed E-state index contributed by atoms with van der Waals surface area (Å²) in [5.74, 6) is 0. The van der Waals surface area contributed by atoms with Crippen molar-refractivity contribution in [1.82, 2.24) is 4.98 Å². The molecule has 2 rings (SSSR count). The topological polar surface area (TPSA) is 15.8 Å². The number of hydrogen-bond acceptors (Lipinski definition) is 0. The van der Waals surface area contributed by atoms with E-state index in [-0.39, 0.29) is 0 Å².